The number of hydrogen-bond donors (Lipinski definition) is 2. The second-order valence-electron chi connectivity index (χ2n) is 7.77. The van der Waals surface area contributed by atoms with E-state index in [-0.39, 0.29) is 6.79 Å². The molecule has 0 spiro atoms. The molecule has 7 nitrogen and oxygen atoms in total. The van der Waals surface area contributed by atoms with Crippen molar-refractivity contribution < 1.29 is 9.47 Å². The molecular weight excluding hydrogens is 378 g/mol. The highest BCUT2D eigenvalue weighted by Gasteiger charge is 2.23. The minimum absolute atomic E-state index is 0.249. The molecular formula is C23H25N5O2. The zero-order valence-electron chi connectivity index (χ0n) is 16.8. The molecule has 0 unspecified atom stereocenters. The second kappa shape index (κ2) is 8.10. The van der Waals surface area contributed by atoms with Crippen LogP contribution >= 0.6 is 0 Å². The van der Waals surface area contributed by atoms with Crippen LogP contribution in [0.5, 0.6) is 11.5 Å². The van der Waals surface area contributed by atoms with Gasteiger partial charge in [0.25, 0.3) is 0 Å². The van der Waals surface area contributed by atoms with Crippen molar-refractivity contribution in [2.24, 2.45) is 5.92 Å². The van der Waals surface area contributed by atoms with Gasteiger partial charge in [-0.2, -0.15) is 0 Å². The average molecular weight is 403 g/mol. The first-order valence-electron chi connectivity index (χ1n) is 10.3. The van der Waals surface area contributed by atoms with Crippen molar-refractivity contribution in [3.63, 3.8) is 0 Å². The molecule has 0 bridgehead atoms. The van der Waals surface area contributed by atoms with E-state index in [0.29, 0.717) is 23.2 Å². The molecule has 154 valence electrons. The van der Waals surface area contributed by atoms with Gasteiger partial charge in [-0.05, 0) is 42.9 Å². The first-order chi connectivity index (χ1) is 14.8. The molecule has 0 aliphatic carbocycles. The van der Waals surface area contributed by atoms with Crippen LogP contribution in [0.1, 0.15) is 18.4 Å². The first kappa shape index (κ1) is 18.5. The summed E-state index contributed by atoms with van der Waals surface area (Å²) in [7, 11) is 0. The minimum atomic E-state index is 0.249. The Hall–Kier alpha value is -3.48. The Morgan fingerprint density at radius 3 is 2.63 bits per heavy atom. The van der Waals surface area contributed by atoms with Crippen molar-refractivity contribution >= 4 is 23.0 Å². The topological polar surface area (TPSA) is 85.5 Å². The molecule has 3 aromatic rings. The summed E-state index contributed by atoms with van der Waals surface area (Å²) < 4.78 is 10.8. The number of nitrogens with zero attached hydrogens (tertiary/aromatic N) is 3. The highest BCUT2D eigenvalue weighted by molar-refractivity contribution is 5.78. The molecule has 0 atom stereocenters. The van der Waals surface area contributed by atoms with Gasteiger partial charge < -0.3 is 25.4 Å². The van der Waals surface area contributed by atoms with Gasteiger partial charge in [0, 0.05) is 24.8 Å². The van der Waals surface area contributed by atoms with Crippen LogP contribution < -0.4 is 25.4 Å². The number of hydrogen-bond acceptors (Lipinski definition) is 7. The fourth-order valence-corrected chi connectivity index (χ4v) is 4.15. The van der Waals surface area contributed by atoms with Crippen molar-refractivity contribution in [3.05, 3.63) is 60.4 Å². The third kappa shape index (κ3) is 3.83. The van der Waals surface area contributed by atoms with E-state index in [1.807, 2.05) is 18.2 Å². The van der Waals surface area contributed by atoms with E-state index >= 15 is 0 Å². The molecule has 2 aliphatic heterocycles. The maximum absolute atomic E-state index is 6.45. The summed E-state index contributed by atoms with van der Waals surface area (Å²) >= 11 is 0. The van der Waals surface area contributed by atoms with Gasteiger partial charge in [0.2, 0.25) is 6.79 Å². The number of fused-ring (bicyclic) bond motifs is 1. The highest BCUT2D eigenvalue weighted by Crippen LogP contribution is 2.37. The summed E-state index contributed by atoms with van der Waals surface area (Å²) in [6.07, 6.45) is 4.95. The molecule has 3 heterocycles. The summed E-state index contributed by atoms with van der Waals surface area (Å²) in [4.78, 5) is 11.1. The van der Waals surface area contributed by atoms with Gasteiger partial charge in [0.05, 0.1) is 0 Å². The van der Waals surface area contributed by atoms with Crippen LogP contribution in [0.15, 0.2) is 54.9 Å². The van der Waals surface area contributed by atoms with Gasteiger partial charge in [-0.25, -0.2) is 9.97 Å². The van der Waals surface area contributed by atoms with Crippen LogP contribution in [0.2, 0.25) is 0 Å². The zero-order chi connectivity index (χ0) is 20.3. The van der Waals surface area contributed by atoms with E-state index < -0.39 is 0 Å². The van der Waals surface area contributed by atoms with E-state index in [4.69, 9.17) is 15.2 Å². The van der Waals surface area contributed by atoms with Crippen LogP contribution in [-0.4, -0.2) is 29.9 Å². The van der Waals surface area contributed by atoms with E-state index in [1.165, 1.54) is 5.56 Å². The van der Waals surface area contributed by atoms with Crippen LogP contribution in [-0.2, 0) is 6.42 Å². The second-order valence-corrected chi connectivity index (χ2v) is 7.77. The van der Waals surface area contributed by atoms with Crippen LogP contribution in [0.3, 0.4) is 0 Å². The van der Waals surface area contributed by atoms with E-state index in [1.54, 1.807) is 6.33 Å². The van der Waals surface area contributed by atoms with Gasteiger partial charge in [0.1, 0.15) is 12.0 Å². The molecule has 0 radical (unpaired) electrons. The van der Waals surface area contributed by atoms with Crippen LogP contribution in [0.4, 0.5) is 23.0 Å². The Kier molecular flexibility index (Phi) is 5.01. The number of aromatic nitrogens is 2. The SMILES string of the molecule is Nc1c(Nc2ccc3c(c2)OCO3)ncnc1N1CCC(Cc2ccccc2)CC1. The van der Waals surface area contributed by atoms with Crippen molar-refractivity contribution in [2.45, 2.75) is 19.3 Å². The largest absolute Gasteiger partial charge is 0.454 e. The van der Waals surface area contributed by atoms with E-state index in [9.17, 15) is 0 Å². The Labute approximate surface area is 175 Å². The molecule has 3 N–H and O–H groups in total. The Morgan fingerprint density at radius 2 is 1.80 bits per heavy atom. The van der Waals surface area contributed by atoms with Gasteiger partial charge in [-0.1, -0.05) is 30.3 Å². The number of piperidine rings is 1. The standard InChI is InChI=1S/C23H25N5O2/c24-21-22(27-18-6-7-19-20(13-18)30-15-29-19)25-14-26-23(21)28-10-8-17(9-11-28)12-16-4-2-1-3-5-16/h1-7,13-14,17H,8-12,15,24H2,(H,25,26,27). The number of rotatable bonds is 5. The maximum Gasteiger partial charge on any atom is 0.231 e. The lowest BCUT2D eigenvalue weighted by Crippen LogP contribution is -2.35. The Morgan fingerprint density at radius 1 is 1.00 bits per heavy atom. The Bertz CT molecular complexity index is 1020. The van der Waals surface area contributed by atoms with Crippen molar-refractivity contribution in [2.75, 3.05) is 35.8 Å². The molecule has 2 aliphatic rings. The van der Waals surface area contributed by atoms with E-state index in [0.717, 1.165) is 49.6 Å². The van der Waals surface area contributed by atoms with Gasteiger partial charge in [-0.15, -0.1) is 0 Å². The monoisotopic (exact) mass is 403 g/mol. The lowest BCUT2D eigenvalue weighted by atomic mass is 9.90. The van der Waals surface area contributed by atoms with Gasteiger partial charge in [0.15, 0.2) is 23.1 Å². The summed E-state index contributed by atoms with van der Waals surface area (Å²) in [5.41, 5.74) is 9.27. The molecule has 1 aromatic heterocycles. The molecule has 0 saturated carbocycles. The normalized spacial score (nSPS) is 15.9. The number of nitrogens with one attached hydrogen (secondary N) is 1. The van der Waals surface area contributed by atoms with Crippen molar-refractivity contribution in [1.82, 2.24) is 9.97 Å². The fraction of sp³-hybridized carbons (Fsp3) is 0.304. The van der Waals surface area contributed by atoms with Gasteiger partial charge in [-0.3, -0.25) is 0 Å². The third-order valence-corrected chi connectivity index (χ3v) is 5.78. The predicted molar refractivity (Wildman–Crippen MR) is 117 cm³/mol. The predicted octanol–water partition coefficient (Wildman–Crippen LogP) is 3.99. The number of ether oxygens (including phenoxy) is 2. The number of nitrogen functional groups attached to an aromatic ring is 1. The number of anilines is 4. The Balaban J connectivity index is 1.26. The van der Waals surface area contributed by atoms with Crippen molar-refractivity contribution in [1.29, 1.82) is 0 Å². The van der Waals surface area contributed by atoms with Crippen LogP contribution in [0.25, 0.3) is 0 Å². The lowest BCUT2D eigenvalue weighted by molar-refractivity contribution is 0.174. The first-order valence-corrected chi connectivity index (χ1v) is 10.3. The molecule has 2 aromatic carbocycles. The molecule has 30 heavy (non-hydrogen) atoms. The minimum Gasteiger partial charge on any atom is -0.454 e. The van der Waals surface area contributed by atoms with E-state index in [2.05, 4.69) is 50.5 Å². The molecule has 0 amide bonds. The lowest BCUT2D eigenvalue weighted by Gasteiger charge is -2.33. The maximum atomic E-state index is 6.45. The molecule has 7 heteroatoms. The zero-order valence-corrected chi connectivity index (χ0v) is 16.8. The highest BCUT2D eigenvalue weighted by atomic mass is 16.7. The smallest absolute Gasteiger partial charge is 0.231 e. The molecule has 5 rings (SSSR count). The quantitative estimate of drug-likeness (QED) is 0.666. The van der Waals surface area contributed by atoms with Crippen LogP contribution in [0, 0.1) is 5.92 Å². The average Bonchev–Trinajstić information content (AvgIpc) is 3.25. The summed E-state index contributed by atoms with van der Waals surface area (Å²) in [5.74, 6) is 3.55. The fourth-order valence-electron chi connectivity index (χ4n) is 4.15. The molecule has 1 saturated heterocycles. The van der Waals surface area contributed by atoms with Crippen molar-refractivity contribution in [3.8, 4) is 11.5 Å². The summed E-state index contributed by atoms with van der Waals surface area (Å²) in [6.45, 7) is 2.14. The number of benzene rings is 2. The summed E-state index contributed by atoms with van der Waals surface area (Å²) in [6, 6.07) is 16.4. The molecule has 1 fully saturated rings. The third-order valence-electron chi connectivity index (χ3n) is 5.78. The van der Waals surface area contributed by atoms with Gasteiger partial charge >= 0.3 is 0 Å². The number of nitrogens with two attached hydrogens (primary N) is 1. The summed E-state index contributed by atoms with van der Waals surface area (Å²) in [5, 5.41) is 3.28.